The van der Waals surface area contributed by atoms with Gasteiger partial charge >= 0.3 is 0 Å². The molecule has 0 atom stereocenters. The first-order valence-corrected chi connectivity index (χ1v) is 5.71. The summed E-state index contributed by atoms with van der Waals surface area (Å²) < 4.78 is 2.04. The summed E-state index contributed by atoms with van der Waals surface area (Å²) in [6.45, 7) is 9.75. The van der Waals surface area contributed by atoms with Gasteiger partial charge < -0.3 is 5.11 Å². The molecule has 0 aromatic carbocycles. The lowest BCUT2D eigenvalue weighted by Gasteiger charge is -2.13. The van der Waals surface area contributed by atoms with E-state index in [-0.39, 0.29) is 6.61 Å². The molecule has 0 radical (unpaired) electrons. The third-order valence-electron chi connectivity index (χ3n) is 2.60. The van der Waals surface area contributed by atoms with Crippen LogP contribution in [0.25, 0.3) is 0 Å². The van der Waals surface area contributed by atoms with Gasteiger partial charge in [-0.05, 0) is 18.3 Å². The minimum atomic E-state index is 0.0925. The molecule has 1 rings (SSSR count). The highest BCUT2D eigenvalue weighted by Gasteiger charge is 2.13. The lowest BCUT2D eigenvalue weighted by Crippen LogP contribution is -2.09. The molecule has 0 aliphatic heterocycles. The normalized spacial score (nSPS) is 11.7. The molecular weight excluding hydrogens is 188 g/mol. The molecule has 1 N–H and O–H groups in total. The van der Waals surface area contributed by atoms with Crippen molar-refractivity contribution in [1.82, 2.24) is 9.78 Å². The Balaban J connectivity index is 2.82. The van der Waals surface area contributed by atoms with Crippen molar-refractivity contribution < 1.29 is 5.11 Å². The first-order chi connectivity index (χ1) is 7.06. The lowest BCUT2D eigenvalue weighted by molar-refractivity contribution is 0.279. The van der Waals surface area contributed by atoms with Crippen LogP contribution in [0.5, 0.6) is 0 Å². The molecule has 15 heavy (non-hydrogen) atoms. The Labute approximate surface area is 92.1 Å². The smallest absolute Gasteiger partial charge is 0.0715 e. The minimum Gasteiger partial charge on any atom is -0.392 e. The van der Waals surface area contributed by atoms with Gasteiger partial charge in [-0.2, -0.15) is 5.10 Å². The predicted octanol–water partition coefficient (Wildman–Crippen LogP) is 2.54. The molecule has 0 saturated heterocycles. The van der Waals surface area contributed by atoms with Crippen molar-refractivity contribution in [3.05, 3.63) is 17.5 Å². The summed E-state index contributed by atoms with van der Waals surface area (Å²) in [6, 6.07) is 0. The molecule has 0 aliphatic rings. The quantitative estimate of drug-likeness (QED) is 0.811. The van der Waals surface area contributed by atoms with Crippen molar-refractivity contribution in [1.29, 1.82) is 0 Å². The first kappa shape index (κ1) is 12.2. The predicted molar refractivity (Wildman–Crippen MR) is 61.7 cm³/mol. The molecule has 0 bridgehead atoms. The highest BCUT2D eigenvalue weighted by atomic mass is 16.3. The molecule has 0 saturated carbocycles. The van der Waals surface area contributed by atoms with Gasteiger partial charge in [0.15, 0.2) is 0 Å². The van der Waals surface area contributed by atoms with Gasteiger partial charge in [-0.15, -0.1) is 0 Å². The van der Waals surface area contributed by atoms with E-state index in [4.69, 9.17) is 0 Å². The summed E-state index contributed by atoms with van der Waals surface area (Å²) in [4.78, 5) is 0. The largest absolute Gasteiger partial charge is 0.392 e. The highest BCUT2D eigenvalue weighted by molar-refractivity contribution is 5.20. The number of rotatable bonds is 5. The van der Waals surface area contributed by atoms with E-state index in [2.05, 4.69) is 32.8 Å². The fraction of sp³-hybridized carbons (Fsp3) is 0.750. The van der Waals surface area contributed by atoms with Gasteiger partial charge in [0.05, 0.1) is 12.8 Å². The summed E-state index contributed by atoms with van der Waals surface area (Å²) >= 11 is 0. The number of nitrogens with zero attached hydrogens (tertiary/aromatic N) is 2. The molecule has 1 aromatic rings. The van der Waals surface area contributed by atoms with E-state index in [0.717, 1.165) is 18.5 Å². The van der Waals surface area contributed by atoms with Crippen LogP contribution >= 0.6 is 0 Å². The Bertz CT molecular complexity index is 303. The third-order valence-corrected chi connectivity index (χ3v) is 2.60. The van der Waals surface area contributed by atoms with Crippen LogP contribution < -0.4 is 0 Å². The molecule has 0 aliphatic carbocycles. The van der Waals surface area contributed by atoms with Crippen LogP contribution in [0.15, 0.2) is 6.20 Å². The van der Waals surface area contributed by atoms with E-state index in [1.165, 1.54) is 5.69 Å². The Morgan fingerprint density at radius 2 is 2.00 bits per heavy atom. The van der Waals surface area contributed by atoms with Crippen molar-refractivity contribution in [2.24, 2.45) is 5.92 Å². The summed E-state index contributed by atoms with van der Waals surface area (Å²) in [6.07, 6.45) is 2.92. The topological polar surface area (TPSA) is 38.0 Å². The average Bonchev–Trinajstić information content (AvgIpc) is 2.57. The number of aliphatic hydroxyl groups excluding tert-OH is 1. The van der Waals surface area contributed by atoms with E-state index in [1.54, 1.807) is 6.20 Å². The Morgan fingerprint density at radius 1 is 1.33 bits per heavy atom. The van der Waals surface area contributed by atoms with Gasteiger partial charge in [0.2, 0.25) is 0 Å². The fourth-order valence-corrected chi connectivity index (χ4v) is 1.78. The van der Waals surface area contributed by atoms with Crippen molar-refractivity contribution in [3.63, 3.8) is 0 Å². The summed E-state index contributed by atoms with van der Waals surface area (Å²) in [7, 11) is 0. The second-order valence-corrected chi connectivity index (χ2v) is 4.77. The van der Waals surface area contributed by atoms with E-state index in [0.29, 0.717) is 11.8 Å². The second-order valence-electron chi connectivity index (χ2n) is 4.77. The number of hydrogen-bond donors (Lipinski definition) is 1. The number of aryl methyl sites for hydroxylation is 1. The number of hydrogen-bond acceptors (Lipinski definition) is 2. The van der Waals surface area contributed by atoms with Crippen molar-refractivity contribution in [2.75, 3.05) is 0 Å². The van der Waals surface area contributed by atoms with Crippen LogP contribution in [-0.4, -0.2) is 14.9 Å². The zero-order valence-corrected chi connectivity index (χ0v) is 10.2. The van der Waals surface area contributed by atoms with Gasteiger partial charge in [0.25, 0.3) is 0 Å². The molecule has 0 unspecified atom stereocenters. The molecule has 3 nitrogen and oxygen atoms in total. The first-order valence-electron chi connectivity index (χ1n) is 5.71. The fourth-order valence-electron chi connectivity index (χ4n) is 1.78. The molecule has 3 heteroatoms. The van der Waals surface area contributed by atoms with Crippen LogP contribution in [-0.2, 0) is 13.2 Å². The van der Waals surface area contributed by atoms with Crippen molar-refractivity contribution in [3.8, 4) is 0 Å². The van der Waals surface area contributed by atoms with Crippen LogP contribution in [0.4, 0.5) is 0 Å². The van der Waals surface area contributed by atoms with Crippen LogP contribution in [0.2, 0.25) is 0 Å². The van der Waals surface area contributed by atoms with Gasteiger partial charge in [0.1, 0.15) is 0 Å². The van der Waals surface area contributed by atoms with Gasteiger partial charge in [0, 0.05) is 17.8 Å². The molecule has 1 aromatic heterocycles. The van der Waals surface area contributed by atoms with E-state index >= 15 is 0 Å². The summed E-state index contributed by atoms with van der Waals surface area (Å²) in [5, 5.41) is 13.5. The van der Waals surface area contributed by atoms with Gasteiger partial charge in [-0.3, -0.25) is 4.68 Å². The summed E-state index contributed by atoms with van der Waals surface area (Å²) in [5.41, 5.74) is 2.15. The Hall–Kier alpha value is -0.830. The molecule has 0 amide bonds. The van der Waals surface area contributed by atoms with Crippen molar-refractivity contribution >= 4 is 0 Å². The van der Waals surface area contributed by atoms with Gasteiger partial charge in [-0.1, -0.05) is 27.7 Å². The number of aliphatic hydroxyl groups is 1. The molecule has 0 spiro atoms. The SMILES string of the molecule is CC(C)CCn1ncc(CO)c1C(C)C. The third kappa shape index (κ3) is 3.06. The van der Waals surface area contributed by atoms with E-state index in [9.17, 15) is 5.11 Å². The Morgan fingerprint density at radius 3 is 2.47 bits per heavy atom. The number of aromatic nitrogens is 2. The molecular formula is C12H22N2O. The van der Waals surface area contributed by atoms with E-state index < -0.39 is 0 Å². The maximum atomic E-state index is 9.20. The molecule has 86 valence electrons. The van der Waals surface area contributed by atoms with Crippen molar-refractivity contribution in [2.45, 2.75) is 53.2 Å². The van der Waals surface area contributed by atoms with Gasteiger partial charge in [-0.25, -0.2) is 0 Å². The molecule has 0 fully saturated rings. The maximum absolute atomic E-state index is 9.20. The second kappa shape index (κ2) is 5.31. The summed E-state index contributed by atoms with van der Waals surface area (Å²) in [5.74, 6) is 1.11. The zero-order chi connectivity index (χ0) is 11.4. The highest BCUT2D eigenvalue weighted by Crippen LogP contribution is 2.20. The molecule has 1 heterocycles. The zero-order valence-electron chi connectivity index (χ0n) is 10.2. The average molecular weight is 210 g/mol. The van der Waals surface area contributed by atoms with E-state index in [1.807, 2.05) is 4.68 Å². The van der Waals surface area contributed by atoms with Crippen LogP contribution in [0.3, 0.4) is 0 Å². The van der Waals surface area contributed by atoms with Crippen LogP contribution in [0.1, 0.15) is 51.3 Å². The Kier molecular flexibility index (Phi) is 4.33. The standard InChI is InChI=1S/C12H22N2O/c1-9(2)5-6-14-12(10(3)4)11(8-15)7-13-14/h7,9-10,15H,5-6,8H2,1-4H3. The maximum Gasteiger partial charge on any atom is 0.0715 e. The minimum absolute atomic E-state index is 0.0925. The lowest BCUT2D eigenvalue weighted by atomic mass is 10.1. The monoisotopic (exact) mass is 210 g/mol. The van der Waals surface area contributed by atoms with Crippen LogP contribution in [0, 0.1) is 5.92 Å².